The molecule has 1 amide bonds. The number of rotatable bonds is 7. The number of hydrogen-bond acceptors (Lipinski definition) is 5. The van der Waals surface area contributed by atoms with Crippen molar-refractivity contribution in [2.45, 2.75) is 6.92 Å². The Balaban J connectivity index is 1.90. The van der Waals surface area contributed by atoms with Crippen LogP contribution in [-0.4, -0.2) is 32.1 Å². The lowest BCUT2D eigenvalue weighted by molar-refractivity contribution is -0.114. The van der Waals surface area contributed by atoms with Crippen LogP contribution >= 0.6 is 0 Å². The molecule has 2 aromatic rings. The monoisotopic (exact) mass is 328 g/mol. The van der Waals surface area contributed by atoms with E-state index in [1.54, 1.807) is 36.4 Å². The summed E-state index contributed by atoms with van der Waals surface area (Å²) >= 11 is 0. The minimum Gasteiger partial charge on any atom is -0.492 e. The van der Waals surface area contributed by atoms with Crippen molar-refractivity contribution in [1.82, 2.24) is 0 Å². The summed E-state index contributed by atoms with van der Waals surface area (Å²) in [6.07, 6.45) is 0. The molecule has 2 aromatic carbocycles. The first-order valence-electron chi connectivity index (χ1n) is 7.58. The Morgan fingerprint density at radius 2 is 1.75 bits per heavy atom. The SMILES string of the molecule is CCOc1ccccc1NC(=O)CNc1ccc(C(=O)OC)cc1. The quantitative estimate of drug-likeness (QED) is 0.764. The van der Waals surface area contributed by atoms with Crippen molar-refractivity contribution in [3.05, 3.63) is 54.1 Å². The van der Waals surface area contributed by atoms with Crippen LogP contribution in [0.2, 0.25) is 0 Å². The molecule has 24 heavy (non-hydrogen) atoms. The number of hydrogen-bond donors (Lipinski definition) is 2. The Labute approximate surface area is 140 Å². The average molecular weight is 328 g/mol. The summed E-state index contributed by atoms with van der Waals surface area (Å²) < 4.78 is 10.1. The number of ether oxygens (including phenoxy) is 2. The normalized spacial score (nSPS) is 9.92. The smallest absolute Gasteiger partial charge is 0.337 e. The lowest BCUT2D eigenvalue weighted by atomic mass is 10.2. The van der Waals surface area contributed by atoms with Gasteiger partial charge in [-0.15, -0.1) is 0 Å². The third kappa shape index (κ3) is 4.74. The largest absolute Gasteiger partial charge is 0.492 e. The van der Waals surface area contributed by atoms with E-state index in [1.807, 2.05) is 19.1 Å². The van der Waals surface area contributed by atoms with Crippen molar-refractivity contribution in [3.63, 3.8) is 0 Å². The number of nitrogens with one attached hydrogen (secondary N) is 2. The van der Waals surface area contributed by atoms with E-state index in [1.165, 1.54) is 7.11 Å². The van der Waals surface area contributed by atoms with Crippen molar-refractivity contribution in [1.29, 1.82) is 0 Å². The number of amides is 1. The number of anilines is 2. The van der Waals surface area contributed by atoms with Crippen LogP contribution in [0.5, 0.6) is 5.75 Å². The highest BCUT2D eigenvalue weighted by atomic mass is 16.5. The number of carbonyl (C=O) groups is 2. The zero-order valence-electron chi connectivity index (χ0n) is 13.7. The molecule has 2 N–H and O–H groups in total. The summed E-state index contributed by atoms with van der Waals surface area (Å²) in [6.45, 7) is 2.51. The number of carbonyl (C=O) groups excluding carboxylic acids is 2. The van der Waals surface area contributed by atoms with E-state index in [9.17, 15) is 9.59 Å². The van der Waals surface area contributed by atoms with E-state index in [4.69, 9.17) is 4.74 Å². The topological polar surface area (TPSA) is 76.7 Å². The van der Waals surface area contributed by atoms with Crippen molar-refractivity contribution in [3.8, 4) is 5.75 Å². The first kappa shape index (κ1) is 17.3. The van der Waals surface area contributed by atoms with Gasteiger partial charge >= 0.3 is 5.97 Å². The third-order valence-corrected chi connectivity index (χ3v) is 3.22. The Bertz CT molecular complexity index is 698. The highest BCUT2D eigenvalue weighted by Crippen LogP contribution is 2.23. The summed E-state index contributed by atoms with van der Waals surface area (Å²) in [4.78, 5) is 23.4. The van der Waals surface area contributed by atoms with E-state index in [0.717, 1.165) is 5.69 Å². The van der Waals surface area contributed by atoms with E-state index in [-0.39, 0.29) is 12.5 Å². The summed E-state index contributed by atoms with van der Waals surface area (Å²) in [5.74, 6) is 0.0433. The third-order valence-electron chi connectivity index (χ3n) is 3.22. The summed E-state index contributed by atoms with van der Waals surface area (Å²) in [6, 6.07) is 14.0. The van der Waals surface area contributed by atoms with Crippen molar-refractivity contribution >= 4 is 23.3 Å². The maximum absolute atomic E-state index is 12.1. The zero-order chi connectivity index (χ0) is 17.4. The van der Waals surface area contributed by atoms with Gasteiger partial charge in [-0.1, -0.05) is 12.1 Å². The van der Waals surface area contributed by atoms with Gasteiger partial charge in [0.05, 0.1) is 31.5 Å². The zero-order valence-corrected chi connectivity index (χ0v) is 13.7. The Morgan fingerprint density at radius 3 is 2.42 bits per heavy atom. The van der Waals surface area contributed by atoms with Crippen LogP contribution in [0.25, 0.3) is 0 Å². The molecule has 0 bridgehead atoms. The Kier molecular flexibility index (Phi) is 6.19. The van der Waals surface area contributed by atoms with Crippen LogP contribution in [0.1, 0.15) is 17.3 Å². The van der Waals surface area contributed by atoms with E-state index in [2.05, 4.69) is 15.4 Å². The second kappa shape index (κ2) is 8.57. The average Bonchev–Trinajstić information content (AvgIpc) is 2.61. The molecule has 0 aliphatic carbocycles. The van der Waals surface area contributed by atoms with Gasteiger partial charge in [-0.05, 0) is 43.3 Å². The van der Waals surface area contributed by atoms with Gasteiger partial charge < -0.3 is 20.1 Å². The molecule has 2 rings (SSSR count). The van der Waals surface area contributed by atoms with Gasteiger partial charge in [-0.3, -0.25) is 4.79 Å². The van der Waals surface area contributed by atoms with Crippen LogP contribution in [0.3, 0.4) is 0 Å². The number of benzene rings is 2. The molecular weight excluding hydrogens is 308 g/mol. The van der Waals surface area contributed by atoms with Gasteiger partial charge in [0, 0.05) is 5.69 Å². The summed E-state index contributed by atoms with van der Waals surface area (Å²) in [5.41, 5.74) is 1.82. The van der Waals surface area contributed by atoms with E-state index >= 15 is 0 Å². The predicted molar refractivity (Wildman–Crippen MR) is 92.5 cm³/mol. The standard InChI is InChI=1S/C18H20N2O4/c1-3-24-16-7-5-4-6-15(16)20-17(21)12-19-14-10-8-13(9-11-14)18(22)23-2/h4-11,19H,3,12H2,1-2H3,(H,20,21). The van der Waals surface area contributed by atoms with Gasteiger partial charge in [0.1, 0.15) is 5.75 Å². The number of para-hydroxylation sites is 2. The lowest BCUT2D eigenvalue weighted by Gasteiger charge is -2.12. The predicted octanol–water partition coefficient (Wildman–Crippen LogP) is 2.92. The molecule has 0 spiro atoms. The molecule has 0 aliphatic rings. The molecule has 0 radical (unpaired) electrons. The molecule has 0 heterocycles. The molecule has 0 saturated heterocycles. The maximum atomic E-state index is 12.1. The van der Waals surface area contributed by atoms with Gasteiger partial charge in [-0.25, -0.2) is 4.79 Å². The highest BCUT2D eigenvalue weighted by Gasteiger charge is 2.08. The summed E-state index contributed by atoms with van der Waals surface area (Å²) in [7, 11) is 1.33. The molecule has 0 fully saturated rings. The summed E-state index contributed by atoms with van der Waals surface area (Å²) in [5, 5.41) is 5.80. The first-order valence-corrected chi connectivity index (χ1v) is 7.58. The van der Waals surface area contributed by atoms with Gasteiger partial charge in [-0.2, -0.15) is 0 Å². The Hall–Kier alpha value is -3.02. The minimum atomic E-state index is -0.396. The molecule has 126 valence electrons. The molecule has 0 aliphatic heterocycles. The van der Waals surface area contributed by atoms with Crippen LogP contribution < -0.4 is 15.4 Å². The van der Waals surface area contributed by atoms with Gasteiger partial charge in [0.15, 0.2) is 0 Å². The van der Waals surface area contributed by atoms with Gasteiger partial charge in [0.25, 0.3) is 0 Å². The second-order valence-corrected chi connectivity index (χ2v) is 4.90. The highest BCUT2D eigenvalue weighted by molar-refractivity contribution is 5.95. The molecule has 6 nitrogen and oxygen atoms in total. The fraction of sp³-hybridized carbons (Fsp3) is 0.222. The second-order valence-electron chi connectivity index (χ2n) is 4.90. The van der Waals surface area contributed by atoms with Crippen LogP contribution in [0.4, 0.5) is 11.4 Å². The molecule has 0 unspecified atom stereocenters. The number of methoxy groups -OCH3 is 1. The van der Waals surface area contributed by atoms with Crippen molar-refractivity contribution in [2.24, 2.45) is 0 Å². The fourth-order valence-electron chi connectivity index (χ4n) is 2.07. The molecule has 0 aromatic heterocycles. The first-order chi connectivity index (χ1) is 11.6. The van der Waals surface area contributed by atoms with Crippen LogP contribution in [0, 0.1) is 0 Å². The number of esters is 1. The van der Waals surface area contributed by atoms with E-state index < -0.39 is 5.97 Å². The van der Waals surface area contributed by atoms with Crippen molar-refractivity contribution < 1.29 is 19.1 Å². The van der Waals surface area contributed by atoms with E-state index in [0.29, 0.717) is 23.6 Å². The van der Waals surface area contributed by atoms with Crippen molar-refractivity contribution in [2.75, 3.05) is 30.9 Å². The van der Waals surface area contributed by atoms with Gasteiger partial charge in [0.2, 0.25) is 5.91 Å². The lowest BCUT2D eigenvalue weighted by Crippen LogP contribution is -2.22. The van der Waals surface area contributed by atoms with Crippen LogP contribution in [-0.2, 0) is 9.53 Å². The molecule has 0 atom stereocenters. The fourth-order valence-corrected chi connectivity index (χ4v) is 2.07. The molecule has 6 heteroatoms. The molecule has 0 saturated carbocycles. The molecular formula is C18H20N2O4. The Morgan fingerprint density at radius 1 is 1.04 bits per heavy atom. The van der Waals surface area contributed by atoms with Crippen LogP contribution in [0.15, 0.2) is 48.5 Å². The maximum Gasteiger partial charge on any atom is 0.337 e. The minimum absolute atomic E-state index is 0.0953.